The summed E-state index contributed by atoms with van der Waals surface area (Å²) in [6.07, 6.45) is 1.62. The van der Waals surface area contributed by atoms with Gasteiger partial charge in [-0.3, -0.25) is 0 Å². The number of imidazole rings is 1. The Balaban J connectivity index is 2.88. The summed E-state index contributed by atoms with van der Waals surface area (Å²) in [6.45, 7) is 1.90. The molecule has 2 aromatic heterocycles. The molecule has 1 N–H and O–H groups in total. The van der Waals surface area contributed by atoms with Crippen molar-refractivity contribution in [1.29, 1.82) is 0 Å². The average molecular weight is 132 g/mol. The molecule has 0 spiro atoms. The Morgan fingerprint density at radius 2 is 2.50 bits per heavy atom. The fourth-order valence-corrected chi connectivity index (χ4v) is 0.914. The van der Waals surface area contributed by atoms with E-state index < -0.39 is 0 Å². The zero-order valence-corrected chi connectivity index (χ0v) is 5.55. The van der Waals surface area contributed by atoms with Gasteiger partial charge in [-0.15, -0.1) is 0 Å². The minimum atomic E-state index is 0.830. The van der Waals surface area contributed by atoms with Gasteiger partial charge in [-0.25, -0.2) is 9.97 Å². The number of pyridine rings is 1. The minimum Gasteiger partial charge on any atom is -0.327 e. The number of aryl methyl sites for hydroxylation is 1. The second-order valence-electron chi connectivity index (χ2n) is 2.13. The third-order valence-corrected chi connectivity index (χ3v) is 1.32. The number of rotatable bonds is 0. The highest BCUT2D eigenvalue weighted by atomic mass is 15.0. The average Bonchev–Trinajstić information content (AvgIpc) is 2.27. The highest BCUT2D eigenvalue weighted by Gasteiger charge is 1.95. The van der Waals surface area contributed by atoms with Gasteiger partial charge < -0.3 is 4.98 Å². The number of nitrogens with zero attached hydrogens (tertiary/aromatic N) is 2. The Morgan fingerprint density at radius 1 is 1.60 bits per heavy atom. The maximum atomic E-state index is 4.16. The topological polar surface area (TPSA) is 41.6 Å². The van der Waals surface area contributed by atoms with E-state index in [1.54, 1.807) is 6.20 Å². The predicted octanol–water partition coefficient (Wildman–Crippen LogP) is 1.07. The lowest BCUT2D eigenvalue weighted by Gasteiger charge is -1.80. The highest BCUT2D eigenvalue weighted by molar-refractivity contribution is 5.69. The van der Waals surface area contributed by atoms with E-state index in [2.05, 4.69) is 21.0 Å². The summed E-state index contributed by atoms with van der Waals surface area (Å²) in [5.74, 6) is 0.891. The summed E-state index contributed by atoms with van der Waals surface area (Å²) in [4.78, 5) is 11.2. The van der Waals surface area contributed by atoms with Crippen LogP contribution in [0.2, 0.25) is 0 Å². The fraction of sp³-hybridized carbons (Fsp3) is 0.143. The first kappa shape index (κ1) is 5.41. The van der Waals surface area contributed by atoms with Crippen molar-refractivity contribution in [2.75, 3.05) is 0 Å². The molecule has 1 radical (unpaired) electrons. The number of aromatic nitrogens is 3. The van der Waals surface area contributed by atoms with E-state index >= 15 is 0 Å². The summed E-state index contributed by atoms with van der Waals surface area (Å²) < 4.78 is 0. The molecule has 0 aliphatic heterocycles. The molecule has 0 fully saturated rings. The normalized spacial score (nSPS) is 10.5. The van der Waals surface area contributed by atoms with Crippen LogP contribution in [-0.4, -0.2) is 15.0 Å². The van der Waals surface area contributed by atoms with Crippen LogP contribution in [0.3, 0.4) is 0 Å². The molecular weight excluding hydrogens is 126 g/mol. The number of nitrogens with one attached hydrogen (secondary N) is 1. The van der Waals surface area contributed by atoms with Crippen molar-refractivity contribution < 1.29 is 0 Å². The lowest BCUT2D eigenvalue weighted by Crippen LogP contribution is -1.72. The molecule has 0 aliphatic rings. The Bertz CT molecular complexity index is 317. The van der Waals surface area contributed by atoms with Gasteiger partial charge in [0.25, 0.3) is 0 Å². The van der Waals surface area contributed by atoms with Crippen molar-refractivity contribution >= 4 is 11.2 Å². The van der Waals surface area contributed by atoms with Crippen LogP contribution >= 0.6 is 0 Å². The maximum absolute atomic E-state index is 4.16. The lowest BCUT2D eigenvalue weighted by molar-refractivity contribution is 1.16. The summed E-state index contributed by atoms with van der Waals surface area (Å²) in [5, 5.41) is 0. The van der Waals surface area contributed by atoms with Gasteiger partial charge in [0.1, 0.15) is 11.3 Å². The van der Waals surface area contributed by atoms with Crippen molar-refractivity contribution in [1.82, 2.24) is 15.0 Å². The fourth-order valence-electron chi connectivity index (χ4n) is 0.914. The maximum Gasteiger partial charge on any atom is 0.157 e. The van der Waals surface area contributed by atoms with E-state index in [0.717, 1.165) is 17.0 Å². The molecule has 3 nitrogen and oxygen atoms in total. The molecule has 0 aliphatic carbocycles. The van der Waals surface area contributed by atoms with Gasteiger partial charge in [0.05, 0.1) is 0 Å². The minimum absolute atomic E-state index is 0.830. The molecule has 0 unspecified atom stereocenters. The van der Waals surface area contributed by atoms with Crippen molar-refractivity contribution in [3.05, 3.63) is 24.2 Å². The van der Waals surface area contributed by atoms with E-state index in [1.165, 1.54) is 0 Å². The molecule has 0 saturated heterocycles. The Morgan fingerprint density at radius 3 is 3.30 bits per heavy atom. The lowest BCUT2D eigenvalue weighted by atomic mass is 10.4. The van der Waals surface area contributed by atoms with Crippen molar-refractivity contribution in [3.63, 3.8) is 0 Å². The molecule has 49 valence electrons. The second kappa shape index (κ2) is 1.80. The molecule has 0 aromatic carbocycles. The first-order valence-electron chi connectivity index (χ1n) is 3.05. The molecule has 0 atom stereocenters. The van der Waals surface area contributed by atoms with E-state index in [4.69, 9.17) is 0 Å². The van der Waals surface area contributed by atoms with Gasteiger partial charge in [0.2, 0.25) is 0 Å². The van der Waals surface area contributed by atoms with E-state index in [9.17, 15) is 0 Å². The van der Waals surface area contributed by atoms with Gasteiger partial charge in [0, 0.05) is 12.3 Å². The summed E-state index contributed by atoms with van der Waals surface area (Å²) in [5.41, 5.74) is 1.70. The summed E-state index contributed by atoms with van der Waals surface area (Å²) in [6, 6.07) is 4.67. The Hall–Kier alpha value is -1.38. The van der Waals surface area contributed by atoms with Gasteiger partial charge in [-0.05, 0) is 13.0 Å². The number of aromatic amines is 1. The monoisotopic (exact) mass is 132 g/mol. The van der Waals surface area contributed by atoms with E-state index in [-0.39, 0.29) is 0 Å². The molecule has 10 heavy (non-hydrogen) atoms. The van der Waals surface area contributed by atoms with Crippen LogP contribution in [0.5, 0.6) is 0 Å². The number of fused-ring (bicyclic) bond motifs is 1. The molecule has 3 heteroatoms. The van der Waals surface area contributed by atoms with Crippen molar-refractivity contribution in [2.24, 2.45) is 0 Å². The van der Waals surface area contributed by atoms with E-state index in [1.807, 2.05) is 13.0 Å². The number of hydrogen-bond acceptors (Lipinski definition) is 2. The van der Waals surface area contributed by atoms with Crippen LogP contribution in [0.25, 0.3) is 11.2 Å². The molecule has 2 rings (SSSR count). The second-order valence-corrected chi connectivity index (χ2v) is 2.13. The summed E-state index contributed by atoms with van der Waals surface area (Å²) >= 11 is 0. The van der Waals surface area contributed by atoms with E-state index in [0.29, 0.717) is 0 Å². The molecule has 0 saturated carbocycles. The van der Waals surface area contributed by atoms with Crippen molar-refractivity contribution in [2.45, 2.75) is 6.92 Å². The van der Waals surface area contributed by atoms with Crippen LogP contribution in [-0.2, 0) is 0 Å². The SMILES string of the molecule is Cc1nc2c[c]cnc2[nH]1. The molecule has 0 bridgehead atoms. The first-order valence-corrected chi connectivity index (χ1v) is 3.05. The third-order valence-electron chi connectivity index (χ3n) is 1.32. The Kier molecular flexibility index (Phi) is 0.974. The van der Waals surface area contributed by atoms with Crippen LogP contribution in [0.1, 0.15) is 5.82 Å². The molecule has 2 aromatic rings. The predicted molar refractivity (Wildman–Crippen MR) is 37.5 cm³/mol. The molecule has 2 heterocycles. The van der Waals surface area contributed by atoms with Gasteiger partial charge in [-0.1, -0.05) is 0 Å². The standard InChI is InChI=1S/C7H6N3/c1-5-9-6-3-2-4-8-7(6)10-5/h3-4H,1H3,(H,8,9,10). The van der Waals surface area contributed by atoms with Crippen molar-refractivity contribution in [3.8, 4) is 0 Å². The largest absolute Gasteiger partial charge is 0.327 e. The highest BCUT2D eigenvalue weighted by Crippen LogP contribution is 2.04. The van der Waals surface area contributed by atoms with Gasteiger partial charge in [0.15, 0.2) is 5.65 Å². The zero-order valence-electron chi connectivity index (χ0n) is 5.55. The molecular formula is C7H6N3. The smallest absolute Gasteiger partial charge is 0.157 e. The van der Waals surface area contributed by atoms with Gasteiger partial charge >= 0.3 is 0 Å². The van der Waals surface area contributed by atoms with Crippen LogP contribution in [0.4, 0.5) is 0 Å². The number of hydrogen-bond donors (Lipinski definition) is 1. The van der Waals surface area contributed by atoms with Crippen LogP contribution in [0.15, 0.2) is 12.3 Å². The zero-order chi connectivity index (χ0) is 6.97. The summed E-state index contributed by atoms with van der Waals surface area (Å²) in [7, 11) is 0. The van der Waals surface area contributed by atoms with Crippen LogP contribution in [0, 0.1) is 13.0 Å². The third kappa shape index (κ3) is 0.673. The quantitative estimate of drug-likeness (QED) is 0.582. The van der Waals surface area contributed by atoms with Gasteiger partial charge in [-0.2, -0.15) is 0 Å². The first-order chi connectivity index (χ1) is 4.86. The van der Waals surface area contributed by atoms with Crippen LogP contribution < -0.4 is 0 Å². The Labute approximate surface area is 58.1 Å². The number of H-pyrrole nitrogens is 1. The molecule has 0 amide bonds.